The molecule has 8 N–H and O–H groups in total. The molecule has 21 heteroatoms. The molecule has 0 saturated heterocycles. The van der Waals surface area contributed by atoms with Crippen LogP contribution in [0.1, 0.15) is 122 Å². The van der Waals surface area contributed by atoms with E-state index in [1.807, 2.05) is 0 Å². The minimum atomic E-state index is -1.52. The van der Waals surface area contributed by atoms with Crippen LogP contribution in [0.3, 0.4) is 0 Å². The molecule has 0 spiro atoms. The maximum atomic E-state index is 12.6. The third-order valence-electron chi connectivity index (χ3n) is 11.6. The van der Waals surface area contributed by atoms with E-state index in [2.05, 4.69) is 0 Å². The quantitative estimate of drug-likeness (QED) is 0.0750. The van der Waals surface area contributed by atoms with E-state index in [4.69, 9.17) is 19.9 Å². The molecule has 63 heavy (non-hydrogen) atoms. The molecule has 0 fully saturated rings. The first-order valence-electron chi connectivity index (χ1n) is 19.4. The third-order valence-corrected chi connectivity index (χ3v) is 11.6. The maximum absolute atomic E-state index is 12.6. The first kappa shape index (κ1) is 49.1. The van der Waals surface area contributed by atoms with Gasteiger partial charge in [0.15, 0.2) is 0 Å². The first-order valence-corrected chi connectivity index (χ1v) is 19.4. The van der Waals surface area contributed by atoms with Crippen LogP contribution in [0.2, 0.25) is 0 Å². The van der Waals surface area contributed by atoms with Crippen molar-refractivity contribution in [1.29, 1.82) is 0 Å². The van der Waals surface area contributed by atoms with Gasteiger partial charge in [0.2, 0.25) is 0 Å². The Balaban J connectivity index is 0.00000871. The van der Waals surface area contributed by atoms with Gasteiger partial charge in [-0.25, -0.2) is 0 Å². The third kappa shape index (κ3) is 11.1. The average molecular weight is 917 g/mol. The molecule has 3 aromatic heterocycles. The van der Waals surface area contributed by atoms with Crippen molar-refractivity contribution < 1.29 is 96.3 Å². The fourth-order valence-corrected chi connectivity index (χ4v) is 8.77. The van der Waals surface area contributed by atoms with E-state index in [9.17, 15) is 79.2 Å². The fourth-order valence-electron chi connectivity index (χ4n) is 8.77. The summed E-state index contributed by atoms with van der Waals surface area (Å²) in [6.45, 7) is 3.06. The molecule has 8 bridgehead atoms. The normalized spacial score (nSPS) is 19.1. The summed E-state index contributed by atoms with van der Waals surface area (Å²) >= 11 is 0. The van der Waals surface area contributed by atoms with Crippen molar-refractivity contribution >= 4 is 69.8 Å². The second-order valence-electron chi connectivity index (χ2n) is 16.0. The molecule has 0 aromatic carbocycles. The van der Waals surface area contributed by atoms with Crippen LogP contribution in [-0.4, -0.2) is 98.6 Å². The Morgan fingerprint density at radius 3 is 1.19 bits per heavy atom. The van der Waals surface area contributed by atoms with Crippen molar-refractivity contribution in [2.45, 2.75) is 114 Å². The summed E-state index contributed by atoms with van der Waals surface area (Å²) in [6, 6.07) is 5.44. The zero-order valence-corrected chi connectivity index (χ0v) is 35.0. The molecule has 0 unspecified atom stereocenters. The van der Waals surface area contributed by atoms with E-state index >= 15 is 0 Å². The summed E-state index contributed by atoms with van der Waals surface area (Å²) in [5.41, 5.74) is -2.57. The number of hydrogen-bond donors (Lipinski definition) is 8. The van der Waals surface area contributed by atoms with Gasteiger partial charge >= 0.3 is 47.8 Å². The molecule has 0 saturated carbocycles. The Hall–Kier alpha value is -6.60. The summed E-state index contributed by atoms with van der Waals surface area (Å²) in [6.07, 6.45) is -5.51. The van der Waals surface area contributed by atoms with Crippen LogP contribution in [0.4, 0.5) is 0 Å². The Labute approximate surface area is 367 Å². The predicted octanol–water partition coefficient (Wildman–Crippen LogP) is 3.62. The summed E-state index contributed by atoms with van der Waals surface area (Å²) in [5, 5.41) is 79.6. The van der Waals surface area contributed by atoms with Crippen molar-refractivity contribution in [2.24, 2.45) is 0 Å². The van der Waals surface area contributed by atoms with Gasteiger partial charge < -0.3 is 50.8 Å². The van der Waals surface area contributed by atoms with Crippen LogP contribution in [-0.2, 0) is 91.9 Å². The van der Waals surface area contributed by atoms with Crippen molar-refractivity contribution in [3.8, 4) is 0 Å². The van der Waals surface area contributed by atoms with Crippen LogP contribution in [0.5, 0.6) is 0 Å². The topological polar surface area (TPSA) is 352 Å². The van der Waals surface area contributed by atoms with Gasteiger partial charge in [0, 0.05) is 88.2 Å². The molecular formula is C42H44FeN4O16-2. The number of nitrogens with zero attached hydrogens (tertiary/aromatic N) is 4. The van der Waals surface area contributed by atoms with E-state index < -0.39 is 122 Å². The molecule has 5 rings (SSSR count). The number of carboxylic acids is 8. The SMILES string of the molecule is C[C@@]1(CC(=O)O)c2cc3nc(cc4[n-]c(cc5[n-]c(cc(n2)[C@H]1CCC(=O)O)c(CC(=O)O)c5CCC(=O)O)c(CCC(=O)O)c4CC(=O)O)[C@@](C)(CC(=O)O)[C@@H]3CCC(=O)O.[Fe]. The molecule has 5 heterocycles. The molecule has 0 aliphatic carbocycles. The summed E-state index contributed by atoms with van der Waals surface area (Å²) < 4.78 is 0. The zero-order chi connectivity index (χ0) is 45.8. The van der Waals surface area contributed by atoms with Gasteiger partial charge in [-0.05, 0) is 42.9 Å². The monoisotopic (exact) mass is 916 g/mol. The van der Waals surface area contributed by atoms with Gasteiger partial charge in [0.1, 0.15) is 0 Å². The van der Waals surface area contributed by atoms with Crippen LogP contribution < -0.4 is 9.97 Å². The molecule has 2 aliphatic rings. The van der Waals surface area contributed by atoms with Gasteiger partial charge in [-0.2, -0.15) is 0 Å². The standard InChI is InChI=1S/C42H46N4O16.Fe/c1-41(17-39(59)60)23(5-9-35(51)52)29-14-27-21(11-37(55)56)19(3-7-33(47)48)25(43-27)13-26-20(4-8-34(49)50)22(12-38(57)58)28(44-26)15-31-42(2,18-40(61)62)24(6-10-36(53)54)30(46-31)16-32(41)45-29;/h13-16,23-24H,3-12,17-18H2,1-2H3,(H10,43,44,45,46,47,48,49,50,51,52,53,54,55,56,57,58,59,60,61,62);/p-2/t23-,24-,41+,42+;/m1./s1. The number of hydrogen-bond acceptors (Lipinski definition) is 10. The number of carboxylic acid groups (broad SMARTS) is 8. The number of aliphatic carboxylic acids is 8. The van der Waals surface area contributed by atoms with E-state index in [1.54, 1.807) is 0 Å². The second kappa shape index (κ2) is 19.6. The maximum Gasteiger partial charge on any atom is 0.307 e. The van der Waals surface area contributed by atoms with Gasteiger partial charge in [0.05, 0.1) is 25.7 Å². The van der Waals surface area contributed by atoms with E-state index in [-0.39, 0.29) is 110 Å². The van der Waals surface area contributed by atoms with E-state index in [1.165, 1.54) is 38.1 Å². The number of fused-ring (bicyclic) bond motifs is 8. The minimum Gasteiger partial charge on any atom is -0.657 e. The largest absolute Gasteiger partial charge is 0.657 e. The number of carbonyl (C=O) groups is 8. The van der Waals surface area contributed by atoms with Gasteiger partial charge in [0.25, 0.3) is 0 Å². The molecule has 4 atom stereocenters. The van der Waals surface area contributed by atoms with E-state index in [0.29, 0.717) is 0 Å². The van der Waals surface area contributed by atoms with Gasteiger partial charge in [-0.15, -0.1) is 22.1 Å². The summed E-state index contributed by atoms with van der Waals surface area (Å²) in [7, 11) is 0. The summed E-state index contributed by atoms with van der Waals surface area (Å²) in [4.78, 5) is 117. The molecule has 0 radical (unpaired) electrons. The molecule has 338 valence electrons. The Kier molecular flexibility index (Phi) is 15.3. The fraction of sp³-hybridized carbons (Fsp3) is 0.429. The first-order chi connectivity index (χ1) is 29.0. The molecule has 3 aromatic rings. The van der Waals surface area contributed by atoms with Gasteiger partial charge in [-0.3, -0.25) is 48.3 Å². The number of aryl methyl sites for hydroxylation is 2. The zero-order valence-electron chi connectivity index (χ0n) is 33.9. The molecular weight excluding hydrogens is 872 g/mol. The molecule has 2 aliphatic heterocycles. The van der Waals surface area contributed by atoms with Crippen molar-refractivity contribution in [2.75, 3.05) is 0 Å². The van der Waals surface area contributed by atoms with Crippen LogP contribution in [0.15, 0.2) is 24.3 Å². The minimum absolute atomic E-state index is 0. The predicted molar refractivity (Wildman–Crippen MR) is 212 cm³/mol. The molecule has 0 amide bonds. The molecule has 20 nitrogen and oxygen atoms in total. The Bertz CT molecular complexity index is 2550. The second-order valence-corrected chi connectivity index (χ2v) is 16.0. The van der Waals surface area contributed by atoms with Crippen LogP contribution in [0.25, 0.3) is 22.1 Å². The van der Waals surface area contributed by atoms with Crippen LogP contribution in [0, 0.1) is 0 Å². The summed E-state index contributed by atoms with van der Waals surface area (Å²) in [5.74, 6) is -12.2. The number of aromatic nitrogens is 4. The smallest absolute Gasteiger partial charge is 0.307 e. The van der Waals surface area contributed by atoms with Crippen molar-refractivity contribution in [1.82, 2.24) is 19.9 Å². The van der Waals surface area contributed by atoms with Crippen molar-refractivity contribution in [3.05, 3.63) is 69.3 Å². The van der Waals surface area contributed by atoms with E-state index in [0.717, 1.165) is 0 Å². The van der Waals surface area contributed by atoms with Crippen LogP contribution >= 0.6 is 0 Å². The van der Waals surface area contributed by atoms with Crippen molar-refractivity contribution in [3.63, 3.8) is 0 Å². The Morgan fingerprint density at radius 2 is 0.825 bits per heavy atom. The average Bonchev–Trinajstić information content (AvgIpc) is 3.77. The number of rotatable bonds is 20. The Morgan fingerprint density at radius 1 is 0.476 bits per heavy atom. The van der Waals surface area contributed by atoms with Gasteiger partial charge in [-0.1, -0.05) is 43.2 Å².